The van der Waals surface area contributed by atoms with Gasteiger partial charge in [-0.05, 0) is 37.2 Å². The zero-order chi connectivity index (χ0) is 13.8. The molecule has 0 saturated carbocycles. The highest BCUT2D eigenvalue weighted by Crippen LogP contribution is 2.25. The highest BCUT2D eigenvalue weighted by atomic mass is 79.9. The molecule has 0 radical (unpaired) electrons. The fourth-order valence-electron chi connectivity index (χ4n) is 1.83. The van der Waals surface area contributed by atoms with Crippen molar-refractivity contribution in [2.75, 3.05) is 6.54 Å². The van der Waals surface area contributed by atoms with Crippen LogP contribution in [0.4, 0.5) is 4.39 Å². The molecule has 0 aliphatic rings. The summed E-state index contributed by atoms with van der Waals surface area (Å²) in [5, 5.41) is 3.22. The second-order valence-corrected chi connectivity index (χ2v) is 5.19. The van der Waals surface area contributed by atoms with Gasteiger partial charge < -0.3 is 5.32 Å². The average Bonchev–Trinajstić information content (AvgIpc) is 2.40. The molecule has 100 valence electrons. The third kappa shape index (κ3) is 3.36. The molecular formula is C14H15BrFN3. The number of halogens is 2. The maximum atomic E-state index is 14.0. The van der Waals surface area contributed by atoms with Crippen molar-refractivity contribution in [3.63, 3.8) is 0 Å². The van der Waals surface area contributed by atoms with Crippen LogP contribution in [-0.2, 0) is 0 Å². The third-order valence-electron chi connectivity index (χ3n) is 2.74. The van der Waals surface area contributed by atoms with Crippen LogP contribution in [0.1, 0.15) is 29.9 Å². The predicted molar refractivity (Wildman–Crippen MR) is 76.4 cm³/mol. The molecule has 0 spiro atoms. The molecule has 0 amide bonds. The molecule has 1 aromatic carbocycles. The van der Waals surface area contributed by atoms with Crippen molar-refractivity contribution in [2.45, 2.75) is 19.9 Å². The molecule has 1 N–H and O–H groups in total. The Kier molecular flexibility index (Phi) is 4.61. The molecule has 5 heteroatoms. The van der Waals surface area contributed by atoms with Crippen LogP contribution in [0.25, 0.3) is 0 Å². The lowest BCUT2D eigenvalue weighted by Crippen LogP contribution is -2.25. The van der Waals surface area contributed by atoms with E-state index in [1.807, 2.05) is 13.8 Å². The Morgan fingerprint density at radius 3 is 2.63 bits per heavy atom. The van der Waals surface area contributed by atoms with Crippen LogP contribution in [0.5, 0.6) is 0 Å². The van der Waals surface area contributed by atoms with Crippen LogP contribution >= 0.6 is 15.9 Å². The SMILES string of the molecule is CCNC(c1ncc(C)cn1)c1cc(Br)ccc1F. The number of aryl methyl sites for hydroxylation is 1. The van der Waals surface area contributed by atoms with E-state index >= 15 is 0 Å². The molecule has 1 unspecified atom stereocenters. The molecule has 0 bridgehead atoms. The Bertz CT molecular complexity index is 557. The number of hydrogen-bond acceptors (Lipinski definition) is 3. The molecule has 2 aromatic rings. The van der Waals surface area contributed by atoms with Crippen molar-refractivity contribution in [3.8, 4) is 0 Å². The van der Waals surface area contributed by atoms with Crippen molar-refractivity contribution >= 4 is 15.9 Å². The van der Waals surface area contributed by atoms with Gasteiger partial charge in [-0.3, -0.25) is 0 Å². The number of nitrogens with zero attached hydrogens (tertiary/aromatic N) is 2. The number of aromatic nitrogens is 2. The van der Waals surface area contributed by atoms with Gasteiger partial charge in [-0.1, -0.05) is 22.9 Å². The molecule has 3 nitrogen and oxygen atoms in total. The normalized spacial score (nSPS) is 12.4. The number of hydrogen-bond donors (Lipinski definition) is 1. The summed E-state index contributed by atoms with van der Waals surface area (Å²) in [5.74, 6) is 0.308. The van der Waals surface area contributed by atoms with Crippen molar-refractivity contribution in [1.29, 1.82) is 0 Å². The summed E-state index contributed by atoms with van der Waals surface area (Å²) < 4.78 is 14.8. The van der Waals surface area contributed by atoms with Gasteiger partial charge >= 0.3 is 0 Å². The largest absolute Gasteiger partial charge is 0.304 e. The second kappa shape index (κ2) is 6.21. The summed E-state index contributed by atoms with van der Waals surface area (Å²) in [4.78, 5) is 8.58. The molecule has 1 atom stereocenters. The van der Waals surface area contributed by atoms with E-state index in [2.05, 4.69) is 31.2 Å². The first-order valence-corrected chi connectivity index (χ1v) is 6.88. The topological polar surface area (TPSA) is 37.8 Å². The summed E-state index contributed by atoms with van der Waals surface area (Å²) in [6.45, 7) is 4.59. The standard InChI is InChI=1S/C14H15BrFN3/c1-3-17-13(14-18-7-9(2)8-19-14)11-6-10(15)4-5-12(11)16/h4-8,13,17H,3H2,1-2H3. The minimum Gasteiger partial charge on any atom is -0.304 e. The maximum absolute atomic E-state index is 14.0. The van der Waals surface area contributed by atoms with E-state index in [4.69, 9.17) is 0 Å². The van der Waals surface area contributed by atoms with Gasteiger partial charge in [0.15, 0.2) is 0 Å². The monoisotopic (exact) mass is 323 g/mol. The Hall–Kier alpha value is -1.33. The summed E-state index contributed by atoms with van der Waals surface area (Å²) in [7, 11) is 0. The minimum absolute atomic E-state index is 0.265. The number of rotatable bonds is 4. The molecular weight excluding hydrogens is 309 g/mol. The Balaban J connectivity index is 2.44. The number of benzene rings is 1. The predicted octanol–water partition coefficient (Wildman–Crippen LogP) is 3.39. The van der Waals surface area contributed by atoms with E-state index in [0.29, 0.717) is 17.9 Å². The van der Waals surface area contributed by atoms with Crippen LogP contribution < -0.4 is 5.32 Å². The molecule has 19 heavy (non-hydrogen) atoms. The Labute approximate surface area is 120 Å². The molecule has 0 saturated heterocycles. The van der Waals surface area contributed by atoms with E-state index < -0.39 is 0 Å². The molecule has 0 aliphatic carbocycles. The van der Waals surface area contributed by atoms with Crippen molar-refractivity contribution < 1.29 is 4.39 Å². The fourth-order valence-corrected chi connectivity index (χ4v) is 2.21. The quantitative estimate of drug-likeness (QED) is 0.937. The van der Waals surface area contributed by atoms with Gasteiger partial charge in [0.25, 0.3) is 0 Å². The van der Waals surface area contributed by atoms with Crippen LogP contribution in [0, 0.1) is 12.7 Å². The second-order valence-electron chi connectivity index (χ2n) is 4.28. The van der Waals surface area contributed by atoms with Gasteiger partial charge in [0, 0.05) is 22.4 Å². The lowest BCUT2D eigenvalue weighted by molar-refractivity contribution is 0.542. The lowest BCUT2D eigenvalue weighted by Gasteiger charge is -2.18. The smallest absolute Gasteiger partial charge is 0.149 e. The van der Waals surface area contributed by atoms with Gasteiger partial charge in [-0.25, -0.2) is 14.4 Å². The molecule has 1 heterocycles. The van der Waals surface area contributed by atoms with Crippen molar-refractivity contribution in [1.82, 2.24) is 15.3 Å². The van der Waals surface area contributed by atoms with Crippen LogP contribution in [0.2, 0.25) is 0 Å². The van der Waals surface area contributed by atoms with Gasteiger partial charge in [-0.2, -0.15) is 0 Å². The summed E-state index contributed by atoms with van der Waals surface area (Å²) in [5.41, 5.74) is 1.52. The Morgan fingerprint density at radius 2 is 2.00 bits per heavy atom. The molecule has 0 fully saturated rings. The summed E-state index contributed by atoms with van der Waals surface area (Å²) in [6.07, 6.45) is 3.48. The van der Waals surface area contributed by atoms with Gasteiger partial charge in [0.2, 0.25) is 0 Å². The molecule has 0 aliphatic heterocycles. The zero-order valence-electron chi connectivity index (χ0n) is 10.8. The van der Waals surface area contributed by atoms with Crippen LogP contribution in [0.15, 0.2) is 35.1 Å². The summed E-state index contributed by atoms with van der Waals surface area (Å²) in [6, 6.07) is 4.53. The Morgan fingerprint density at radius 1 is 1.32 bits per heavy atom. The van der Waals surface area contributed by atoms with E-state index in [1.54, 1.807) is 24.5 Å². The number of nitrogens with one attached hydrogen (secondary N) is 1. The van der Waals surface area contributed by atoms with Crippen molar-refractivity contribution in [2.24, 2.45) is 0 Å². The minimum atomic E-state index is -0.344. The maximum Gasteiger partial charge on any atom is 0.149 e. The van der Waals surface area contributed by atoms with E-state index in [-0.39, 0.29) is 11.9 Å². The highest BCUT2D eigenvalue weighted by molar-refractivity contribution is 9.10. The van der Waals surface area contributed by atoms with Crippen molar-refractivity contribution in [3.05, 3.63) is 57.8 Å². The summed E-state index contributed by atoms with van der Waals surface area (Å²) >= 11 is 3.36. The highest BCUT2D eigenvalue weighted by Gasteiger charge is 2.19. The van der Waals surface area contributed by atoms with Gasteiger partial charge in [-0.15, -0.1) is 0 Å². The zero-order valence-corrected chi connectivity index (χ0v) is 12.4. The first-order valence-electron chi connectivity index (χ1n) is 6.08. The van der Waals surface area contributed by atoms with Crippen LogP contribution in [-0.4, -0.2) is 16.5 Å². The molecule has 1 aromatic heterocycles. The van der Waals surface area contributed by atoms with E-state index in [9.17, 15) is 4.39 Å². The average molecular weight is 324 g/mol. The van der Waals surface area contributed by atoms with Crippen LogP contribution in [0.3, 0.4) is 0 Å². The first-order chi connectivity index (χ1) is 9.11. The van der Waals surface area contributed by atoms with Gasteiger partial charge in [0.1, 0.15) is 11.6 Å². The van der Waals surface area contributed by atoms with E-state index in [0.717, 1.165) is 10.0 Å². The molecule has 2 rings (SSSR count). The van der Waals surface area contributed by atoms with Gasteiger partial charge in [0.05, 0.1) is 6.04 Å². The first kappa shape index (κ1) is 14.1. The van der Waals surface area contributed by atoms with E-state index in [1.165, 1.54) is 6.07 Å². The third-order valence-corrected chi connectivity index (χ3v) is 3.23. The fraction of sp³-hybridized carbons (Fsp3) is 0.286. The lowest BCUT2D eigenvalue weighted by atomic mass is 10.1.